The Morgan fingerprint density at radius 2 is 1.71 bits per heavy atom. The number of aromatic nitrogens is 1. The highest BCUT2D eigenvalue weighted by molar-refractivity contribution is 7.14. The lowest BCUT2D eigenvalue weighted by Crippen LogP contribution is -1.91. The Kier molecular flexibility index (Phi) is 5.23. The van der Waals surface area contributed by atoms with Crippen molar-refractivity contribution in [2.24, 2.45) is 5.10 Å². The van der Waals surface area contributed by atoms with Gasteiger partial charge in [-0.15, -0.1) is 11.3 Å². The number of nitriles is 1. The van der Waals surface area contributed by atoms with Gasteiger partial charge in [0.2, 0.25) is 5.13 Å². The van der Waals surface area contributed by atoms with E-state index in [0.29, 0.717) is 5.56 Å². The van der Waals surface area contributed by atoms with Crippen molar-refractivity contribution >= 4 is 22.7 Å². The van der Waals surface area contributed by atoms with Crippen LogP contribution >= 0.6 is 11.3 Å². The zero-order chi connectivity index (χ0) is 19.2. The van der Waals surface area contributed by atoms with Gasteiger partial charge in [0.15, 0.2) is 0 Å². The molecule has 1 N–H and O–H groups in total. The third-order valence-electron chi connectivity index (χ3n) is 4.19. The first-order chi connectivity index (χ1) is 13.8. The first-order valence-electron chi connectivity index (χ1n) is 8.73. The molecule has 0 saturated heterocycles. The largest absolute Gasteiger partial charge is 0.253 e. The minimum atomic E-state index is 0.658. The molecular weight excluding hydrogens is 364 g/mol. The minimum Gasteiger partial charge on any atom is -0.253 e. The number of hydrogen-bond acceptors (Lipinski definition) is 5. The Balaban J connectivity index is 1.49. The predicted octanol–water partition coefficient (Wildman–Crippen LogP) is 5.79. The Labute approximate surface area is 167 Å². The fraction of sp³-hybridized carbons (Fsp3) is 0. The van der Waals surface area contributed by atoms with Crippen molar-refractivity contribution in [2.45, 2.75) is 0 Å². The number of benzene rings is 3. The third-order valence-corrected chi connectivity index (χ3v) is 4.94. The summed E-state index contributed by atoms with van der Waals surface area (Å²) in [7, 11) is 0. The molecule has 1 heterocycles. The van der Waals surface area contributed by atoms with Crippen LogP contribution in [0.15, 0.2) is 89.3 Å². The van der Waals surface area contributed by atoms with Gasteiger partial charge < -0.3 is 0 Å². The van der Waals surface area contributed by atoms with Crippen LogP contribution in [0.1, 0.15) is 11.1 Å². The smallest absolute Gasteiger partial charge is 0.203 e. The van der Waals surface area contributed by atoms with Gasteiger partial charge in [-0.2, -0.15) is 10.4 Å². The molecule has 0 atom stereocenters. The zero-order valence-corrected chi connectivity index (χ0v) is 15.7. The lowest BCUT2D eigenvalue weighted by atomic mass is 9.99. The van der Waals surface area contributed by atoms with E-state index in [4.69, 9.17) is 0 Å². The summed E-state index contributed by atoms with van der Waals surface area (Å²) in [6, 6.07) is 27.8. The summed E-state index contributed by atoms with van der Waals surface area (Å²) in [6.07, 6.45) is 1.75. The summed E-state index contributed by atoms with van der Waals surface area (Å²) >= 11 is 1.51. The zero-order valence-electron chi connectivity index (χ0n) is 14.9. The van der Waals surface area contributed by atoms with Crippen molar-refractivity contribution in [1.29, 1.82) is 5.26 Å². The maximum atomic E-state index is 9.31. The van der Waals surface area contributed by atoms with E-state index in [9.17, 15) is 5.26 Å². The molecular formula is C23H16N4S. The molecule has 0 saturated carbocycles. The van der Waals surface area contributed by atoms with E-state index in [1.165, 1.54) is 11.3 Å². The molecule has 4 nitrogen and oxygen atoms in total. The van der Waals surface area contributed by atoms with Crippen molar-refractivity contribution in [3.63, 3.8) is 0 Å². The lowest BCUT2D eigenvalue weighted by Gasteiger charge is -2.05. The third kappa shape index (κ3) is 3.98. The summed E-state index contributed by atoms with van der Waals surface area (Å²) < 4.78 is 0. The van der Waals surface area contributed by atoms with E-state index in [-0.39, 0.29) is 0 Å². The number of nitrogens with zero attached hydrogens (tertiary/aromatic N) is 3. The van der Waals surface area contributed by atoms with Gasteiger partial charge in [-0.3, -0.25) is 5.43 Å². The van der Waals surface area contributed by atoms with Gasteiger partial charge in [0.05, 0.1) is 23.5 Å². The van der Waals surface area contributed by atoms with Crippen LogP contribution in [0.2, 0.25) is 0 Å². The highest BCUT2D eigenvalue weighted by atomic mass is 32.1. The summed E-state index contributed by atoms with van der Waals surface area (Å²) in [4.78, 5) is 4.56. The Morgan fingerprint density at radius 1 is 0.929 bits per heavy atom. The normalized spacial score (nSPS) is 10.7. The van der Waals surface area contributed by atoms with E-state index in [2.05, 4.69) is 21.6 Å². The Hall–Kier alpha value is -3.75. The Morgan fingerprint density at radius 3 is 2.57 bits per heavy atom. The summed E-state index contributed by atoms with van der Waals surface area (Å²) in [6.45, 7) is 0. The molecule has 0 amide bonds. The molecule has 1 aromatic heterocycles. The van der Waals surface area contributed by atoms with Gasteiger partial charge in [-0.05, 0) is 28.8 Å². The minimum absolute atomic E-state index is 0.658. The van der Waals surface area contributed by atoms with Gasteiger partial charge in [0.25, 0.3) is 0 Å². The van der Waals surface area contributed by atoms with Crippen LogP contribution in [0, 0.1) is 11.3 Å². The van der Waals surface area contributed by atoms with Gasteiger partial charge >= 0.3 is 0 Å². The molecule has 4 aromatic rings. The highest BCUT2D eigenvalue weighted by Crippen LogP contribution is 2.25. The second kappa shape index (κ2) is 8.30. The topological polar surface area (TPSA) is 61.1 Å². The highest BCUT2D eigenvalue weighted by Gasteiger charge is 2.05. The van der Waals surface area contributed by atoms with Crippen LogP contribution in [0.3, 0.4) is 0 Å². The van der Waals surface area contributed by atoms with Crippen molar-refractivity contribution in [1.82, 2.24) is 4.98 Å². The molecule has 0 spiro atoms. The molecule has 134 valence electrons. The van der Waals surface area contributed by atoms with Crippen LogP contribution in [-0.4, -0.2) is 11.2 Å². The average molecular weight is 380 g/mol. The summed E-state index contributed by atoms with van der Waals surface area (Å²) in [5.41, 5.74) is 8.51. The predicted molar refractivity (Wildman–Crippen MR) is 115 cm³/mol. The molecule has 0 unspecified atom stereocenters. The quantitative estimate of drug-likeness (QED) is 0.352. The first kappa shape index (κ1) is 17.7. The lowest BCUT2D eigenvalue weighted by molar-refractivity contribution is 1.29. The van der Waals surface area contributed by atoms with Crippen molar-refractivity contribution in [3.8, 4) is 28.5 Å². The first-order valence-corrected chi connectivity index (χ1v) is 9.61. The average Bonchev–Trinajstić information content (AvgIpc) is 3.23. The molecule has 0 bridgehead atoms. The number of thiazole rings is 1. The van der Waals surface area contributed by atoms with E-state index in [0.717, 1.165) is 33.1 Å². The maximum Gasteiger partial charge on any atom is 0.203 e. The van der Waals surface area contributed by atoms with Crippen molar-refractivity contribution in [3.05, 3.63) is 95.4 Å². The number of hydrazone groups is 1. The van der Waals surface area contributed by atoms with Crippen LogP contribution in [0.5, 0.6) is 0 Å². The second-order valence-corrected chi connectivity index (χ2v) is 6.91. The monoisotopic (exact) mass is 380 g/mol. The molecule has 28 heavy (non-hydrogen) atoms. The Bertz CT molecular complexity index is 1160. The van der Waals surface area contributed by atoms with E-state index < -0.39 is 0 Å². The van der Waals surface area contributed by atoms with Gasteiger partial charge in [-0.1, -0.05) is 66.7 Å². The van der Waals surface area contributed by atoms with Crippen LogP contribution in [-0.2, 0) is 0 Å². The van der Waals surface area contributed by atoms with E-state index in [1.807, 2.05) is 84.2 Å². The SMILES string of the molecule is N#Cc1ccccc1-c1cccc(C=NNc2nc(-c3ccccc3)cs2)c1. The molecule has 0 aliphatic rings. The van der Waals surface area contributed by atoms with Crippen LogP contribution in [0.4, 0.5) is 5.13 Å². The molecule has 0 fully saturated rings. The maximum absolute atomic E-state index is 9.31. The van der Waals surface area contributed by atoms with Crippen LogP contribution < -0.4 is 5.43 Å². The number of hydrogen-bond donors (Lipinski definition) is 1. The summed E-state index contributed by atoms with van der Waals surface area (Å²) in [5.74, 6) is 0. The van der Waals surface area contributed by atoms with Crippen LogP contribution in [0.25, 0.3) is 22.4 Å². The fourth-order valence-electron chi connectivity index (χ4n) is 2.85. The number of nitrogens with one attached hydrogen (secondary N) is 1. The van der Waals surface area contributed by atoms with E-state index in [1.54, 1.807) is 6.21 Å². The van der Waals surface area contributed by atoms with Gasteiger partial charge in [0.1, 0.15) is 0 Å². The fourth-order valence-corrected chi connectivity index (χ4v) is 3.52. The second-order valence-electron chi connectivity index (χ2n) is 6.06. The standard InChI is InChI=1S/C23H16N4S/c24-14-20-10-4-5-12-21(20)19-11-6-7-17(13-19)15-25-27-23-26-22(16-28-23)18-8-2-1-3-9-18/h1-13,15-16H,(H,26,27). The van der Waals surface area contributed by atoms with Gasteiger partial charge in [-0.25, -0.2) is 4.98 Å². The summed E-state index contributed by atoms with van der Waals surface area (Å²) in [5, 5.41) is 16.4. The molecule has 0 aliphatic heterocycles. The van der Waals surface area contributed by atoms with Crippen molar-refractivity contribution in [2.75, 3.05) is 5.43 Å². The molecule has 3 aromatic carbocycles. The van der Waals surface area contributed by atoms with E-state index >= 15 is 0 Å². The van der Waals surface area contributed by atoms with Crippen molar-refractivity contribution < 1.29 is 0 Å². The molecule has 5 heteroatoms. The number of rotatable bonds is 5. The number of anilines is 1. The van der Waals surface area contributed by atoms with Gasteiger partial charge in [0, 0.05) is 10.9 Å². The molecule has 4 rings (SSSR count). The molecule has 0 aliphatic carbocycles. The molecule has 0 radical (unpaired) electrons.